The molecule has 0 radical (unpaired) electrons. The van der Waals surface area contributed by atoms with Gasteiger partial charge in [-0.05, 0) is 41.5 Å². The monoisotopic (exact) mass is 248 g/mol. The Balaban J connectivity index is 3.58. The van der Waals surface area contributed by atoms with Crippen LogP contribution in [0.4, 0.5) is 0 Å². The van der Waals surface area contributed by atoms with Crippen LogP contribution < -0.4 is 0 Å². The number of hydrogen-bond donors (Lipinski definition) is 1. The van der Waals surface area contributed by atoms with Crippen molar-refractivity contribution in [1.29, 1.82) is 0 Å². The van der Waals surface area contributed by atoms with Gasteiger partial charge in [-0.25, -0.2) is 0 Å². The lowest BCUT2D eigenvalue weighted by molar-refractivity contribution is -0.0935. The van der Waals surface area contributed by atoms with Crippen LogP contribution >= 0.6 is 0 Å². The first-order valence-electron chi connectivity index (χ1n) is 6.26. The minimum absolute atomic E-state index is 0.0123. The van der Waals surface area contributed by atoms with Crippen molar-refractivity contribution in [1.82, 2.24) is 0 Å². The van der Waals surface area contributed by atoms with Gasteiger partial charge in [0.25, 0.3) is 0 Å². The lowest BCUT2D eigenvalue weighted by Crippen LogP contribution is -2.29. The summed E-state index contributed by atoms with van der Waals surface area (Å²) in [7, 11) is 0. The molecule has 0 aromatic carbocycles. The van der Waals surface area contributed by atoms with Gasteiger partial charge in [0.05, 0.1) is 43.7 Å². The van der Waals surface area contributed by atoms with Gasteiger partial charge < -0.3 is 19.3 Å². The Morgan fingerprint density at radius 1 is 0.882 bits per heavy atom. The third kappa shape index (κ3) is 12.1. The Kier molecular flexibility index (Phi) is 7.96. The molecule has 0 aromatic rings. The first-order chi connectivity index (χ1) is 7.70. The fourth-order valence-electron chi connectivity index (χ4n) is 1.07. The Labute approximate surface area is 105 Å². The lowest BCUT2D eigenvalue weighted by atomic mass is 10.2. The molecule has 0 saturated carbocycles. The third-order valence-electron chi connectivity index (χ3n) is 1.99. The van der Waals surface area contributed by atoms with Crippen LogP contribution in [-0.4, -0.2) is 48.8 Å². The van der Waals surface area contributed by atoms with Gasteiger partial charge >= 0.3 is 0 Å². The van der Waals surface area contributed by atoms with Crippen LogP contribution in [0, 0.1) is 0 Å². The van der Waals surface area contributed by atoms with E-state index in [-0.39, 0.29) is 17.8 Å². The average molecular weight is 248 g/mol. The summed E-state index contributed by atoms with van der Waals surface area (Å²) in [6.07, 6.45) is -0.396. The van der Waals surface area contributed by atoms with Gasteiger partial charge in [0.2, 0.25) is 0 Å². The molecule has 104 valence electrons. The Hall–Kier alpha value is -0.160. The van der Waals surface area contributed by atoms with Gasteiger partial charge in [0.1, 0.15) is 0 Å². The number of hydrogen-bond acceptors (Lipinski definition) is 4. The largest absolute Gasteiger partial charge is 0.391 e. The minimum atomic E-state index is -0.431. The van der Waals surface area contributed by atoms with E-state index in [1.807, 2.05) is 34.6 Å². The third-order valence-corrected chi connectivity index (χ3v) is 1.99. The van der Waals surface area contributed by atoms with E-state index in [0.717, 1.165) is 0 Å². The molecule has 0 amide bonds. The summed E-state index contributed by atoms with van der Waals surface area (Å²) in [6, 6.07) is 0. The predicted molar refractivity (Wildman–Crippen MR) is 68.2 cm³/mol. The number of ether oxygens (including phenoxy) is 3. The van der Waals surface area contributed by atoms with Crippen LogP contribution in [0.5, 0.6) is 0 Å². The van der Waals surface area contributed by atoms with Gasteiger partial charge in [-0.3, -0.25) is 0 Å². The van der Waals surface area contributed by atoms with Gasteiger partial charge in [0.15, 0.2) is 0 Å². The minimum Gasteiger partial charge on any atom is -0.391 e. The maximum Gasteiger partial charge on any atom is 0.0782 e. The van der Waals surface area contributed by atoms with Crippen LogP contribution in [0.25, 0.3) is 0 Å². The smallest absolute Gasteiger partial charge is 0.0782 e. The Morgan fingerprint density at radius 2 is 1.35 bits per heavy atom. The first-order valence-corrected chi connectivity index (χ1v) is 6.26. The molecule has 0 bridgehead atoms. The van der Waals surface area contributed by atoms with E-state index < -0.39 is 6.10 Å². The molecule has 3 atom stereocenters. The van der Waals surface area contributed by atoms with Gasteiger partial charge in [0, 0.05) is 0 Å². The standard InChI is InChI=1S/C13H28O4/c1-10(14)7-15-11(2)8-16-12(3)9-17-13(4,5)6/h10-12,14H,7-9H2,1-6H3. The number of aliphatic hydroxyl groups excluding tert-OH is 1. The second-order valence-corrected chi connectivity index (χ2v) is 5.56. The molecule has 0 spiro atoms. The Bertz CT molecular complexity index is 186. The van der Waals surface area contributed by atoms with Crippen LogP contribution in [0.1, 0.15) is 41.5 Å². The molecule has 0 aromatic heterocycles. The molecule has 0 aliphatic heterocycles. The molecule has 4 heteroatoms. The Morgan fingerprint density at radius 3 is 1.82 bits per heavy atom. The van der Waals surface area contributed by atoms with E-state index in [1.54, 1.807) is 6.92 Å². The molecule has 0 fully saturated rings. The highest BCUT2D eigenvalue weighted by Gasteiger charge is 2.14. The highest BCUT2D eigenvalue weighted by molar-refractivity contribution is 4.61. The van der Waals surface area contributed by atoms with Crippen LogP contribution in [0.15, 0.2) is 0 Å². The summed E-state index contributed by atoms with van der Waals surface area (Å²) in [6.45, 7) is 13.1. The second-order valence-electron chi connectivity index (χ2n) is 5.56. The maximum absolute atomic E-state index is 9.07. The molecule has 0 rings (SSSR count). The van der Waals surface area contributed by atoms with E-state index in [9.17, 15) is 0 Å². The van der Waals surface area contributed by atoms with Crippen molar-refractivity contribution in [2.75, 3.05) is 19.8 Å². The summed E-state index contributed by atoms with van der Waals surface area (Å²) >= 11 is 0. The normalized spacial score (nSPS) is 17.8. The molecular weight excluding hydrogens is 220 g/mol. The van der Waals surface area contributed by atoms with Crippen molar-refractivity contribution in [3.05, 3.63) is 0 Å². The van der Waals surface area contributed by atoms with Crippen molar-refractivity contribution in [2.24, 2.45) is 0 Å². The highest BCUT2D eigenvalue weighted by atomic mass is 16.6. The predicted octanol–water partition coefficient (Wildman–Crippen LogP) is 1.99. The van der Waals surface area contributed by atoms with Crippen LogP contribution in [0.3, 0.4) is 0 Å². The van der Waals surface area contributed by atoms with Crippen LogP contribution in [0.2, 0.25) is 0 Å². The molecule has 0 saturated heterocycles. The molecule has 1 N–H and O–H groups in total. The molecule has 4 nitrogen and oxygen atoms in total. The number of aliphatic hydroxyl groups is 1. The molecule has 0 aliphatic carbocycles. The SMILES string of the molecule is CC(O)COC(C)COC(C)COC(C)(C)C. The van der Waals surface area contributed by atoms with Crippen LogP contribution in [-0.2, 0) is 14.2 Å². The molecule has 3 unspecified atom stereocenters. The zero-order chi connectivity index (χ0) is 13.5. The van der Waals surface area contributed by atoms with Gasteiger partial charge in [-0.1, -0.05) is 0 Å². The zero-order valence-corrected chi connectivity index (χ0v) is 12.0. The fourth-order valence-corrected chi connectivity index (χ4v) is 1.07. The van der Waals surface area contributed by atoms with Crippen molar-refractivity contribution < 1.29 is 19.3 Å². The quantitative estimate of drug-likeness (QED) is 0.713. The first kappa shape index (κ1) is 16.8. The van der Waals surface area contributed by atoms with E-state index in [2.05, 4.69) is 0 Å². The van der Waals surface area contributed by atoms with Crippen molar-refractivity contribution in [3.63, 3.8) is 0 Å². The molecule has 0 heterocycles. The topological polar surface area (TPSA) is 47.9 Å². The summed E-state index contributed by atoms with van der Waals surface area (Å²) in [5, 5.41) is 9.07. The zero-order valence-electron chi connectivity index (χ0n) is 12.0. The van der Waals surface area contributed by atoms with Crippen molar-refractivity contribution in [2.45, 2.75) is 65.5 Å². The average Bonchev–Trinajstić information content (AvgIpc) is 2.19. The summed E-state index contributed by atoms with van der Waals surface area (Å²) < 4.78 is 16.6. The fraction of sp³-hybridized carbons (Fsp3) is 1.00. The molecule has 17 heavy (non-hydrogen) atoms. The van der Waals surface area contributed by atoms with E-state index in [1.165, 1.54) is 0 Å². The van der Waals surface area contributed by atoms with Crippen molar-refractivity contribution in [3.8, 4) is 0 Å². The van der Waals surface area contributed by atoms with Gasteiger partial charge in [-0.15, -0.1) is 0 Å². The van der Waals surface area contributed by atoms with E-state index in [4.69, 9.17) is 19.3 Å². The second kappa shape index (κ2) is 8.03. The highest BCUT2D eigenvalue weighted by Crippen LogP contribution is 2.08. The molecule has 0 aliphatic rings. The number of rotatable bonds is 8. The van der Waals surface area contributed by atoms with Crippen molar-refractivity contribution >= 4 is 0 Å². The summed E-state index contributed by atoms with van der Waals surface area (Å²) in [4.78, 5) is 0. The van der Waals surface area contributed by atoms with Gasteiger partial charge in [-0.2, -0.15) is 0 Å². The summed E-state index contributed by atoms with van der Waals surface area (Å²) in [5.41, 5.74) is -0.133. The molecular formula is C13H28O4. The van der Waals surface area contributed by atoms with E-state index >= 15 is 0 Å². The maximum atomic E-state index is 9.07. The summed E-state index contributed by atoms with van der Waals surface area (Å²) in [5.74, 6) is 0. The van der Waals surface area contributed by atoms with E-state index in [0.29, 0.717) is 19.8 Å². The lowest BCUT2D eigenvalue weighted by Gasteiger charge is -2.23.